The van der Waals surface area contributed by atoms with E-state index < -0.39 is 24.5 Å². The van der Waals surface area contributed by atoms with Crippen LogP contribution in [0, 0.1) is 17.2 Å². The molecule has 0 fully saturated rings. The number of amides is 1. The van der Waals surface area contributed by atoms with E-state index in [1.54, 1.807) is 24.3 Å². The van der Waals surface area contributed by atoms with Crippen molar-refractivity contribution in [3.63, 3.8) is 0 Å². The molecule has 1 aliphatic rings. The fraction of sp³-hybridized carbons (Fsp3) is 0.304. The van der Waals surface area contributed by atoms with Crippen LogP contribution in [0.1, 0.15) is 45.3 Å². The molecule has 1 aromatic carbocycles. The lowest BCUT2D eigenvalue weighted by molar-refractivity contribution is -0.142. The summed E-state index contributed by atoms with van der Waals surface area (Å²) in [4.78, 5) is 36.7. The highest BCUT2D eigenvalue weighted by Gasteiger charge is 2.24. The van der Waals surface area contributed by atoms with Gasteiger partial charge in [0.05, 0.1) is 18.2 Å². The summed E-state index contributed by atoms with van der Waals surface area (Å²) in [6.45, 7) is 1.72. The number of hydrogen-bond acceptors (Lipinski definition) is 7. The second-order valence-electron chi connectivity index (χ2n) is 7.27. The second kappa shape index (κ2) is 10.0. The predicted molar refractivity (Wildman–Crippen MR) is 117 cm³/mol. The van der Waals surface area contributed by atoms with Crippen LogP contribution >= 0.6 is 11.3 Å². The number of thiophene rings is 1. The highest BCUT2D eigenvalue weighted by atomic mass is 32.1. The zero-order valence-corrected chi connectivity index (χ0v) is 18.1. The molecule has 31 heavy (non-hydrogen) atoms. The second-order valence-corrected chi connectivity index (χ2v) is 8.38. The molecule has 1 aromatic heterocycles. The van der Waals surface area contributed by atoms with E-state index in [-0.39, 0.29) is 0 Å². The van der Waals surface area contributed by atoms with Crippen molar-refractivity contribution in [3.8, 4) is 6.07 Å². The average Bonchev–Trinajstić information content (AvgIpc) is 3.11. The van der Waals surface area contributed by atoms with Crippen LogP contribution < -0.4 is 5.32 Å². The maximum absolute atomic E-state index is 12.2. The van der Waals surface area contributed by atoms with E-state index in [0.717, 1.165) is 29.7 Å². The third-order valence-electron chi connectivity index (χ3n) is 4.97. The topological polar surface area (TPSA) is 105 Å². The van der Waals surface area contributed by atoms with Gasteiger partial charge in [0, 0.05) is 11.0 Å². The molecule has 1 amide bonds. The Hall–Kier alpha value is -3.44. The van der Waals surface area contributed by atoms with Crippen LogP contribution in [0.25, 0.3) is 6.08 Å². The molecule has 1 heterocycles. The van der Waals surface area contributed by atoms with E-state index in [9.17, 15) is 19.6 Å². The molecule has 7 nitrogen and oxygen atoms in total. The van der Waals surface area contributed by atoms with Gasteiger partial charge in [-0.15, -0.1) is 11.3 Å². The number of esters is 2. The highest BCUT2D eigenvalue weighted by Crippen LogP contribution is 2.39. The van der Waals surface area contributed by atoms with Crippen molar-refractivity contribution in [2.75, 3.05) is 19.0 Å². The van der Waals surface area contributed by atoms with Gasteiger partial charge in [-0.3, -0.25) is 4.79 Å². The van der Waals surface area contributed by atoms with Gasteiger partial charge in [-0.2, -0.15) is 5.26 Å². The lowest BCUT2D eigenvalue weighted by Crippen LogP contribution is -2.20. The number of carbonyl (C=O) groups excluding carboxylic acids is 3. The van der Waals surface area contributed by atoms with Crippen LogP contribution in [0.5, 0.6) is 0 Å². The van der Waals surface area contributed by atoms with E-state index >= 15 is 0 Å². The van der Waals surface area contributed by atoms with E-state index in [1.165, 1.54) is 30.6 Å². The Kier molecular flexibility index (Phi) is 7.21. The summed E-state index contributed by atoms with van der Waals surface area (Å²) in [5.74, 6) is -1.05. The summed E-state index contributed by atoms with van der Waals surface area (Å²) in [7, 11) is 1.30. The fourth-order valence-corrected chi connectivity index (χ4v) is 4.69. The van der Waals surface area contributed by atoms with Gasteiger partial charge in [0.25, 0.3) is 5.91 Å². The van der Waals surface area contributed by atoms with Crippen molar-refractivity contribution < 1.29 is 23.9 Å². The van der Waals surface area contributed by atoms with E-state index in [4.69, 9.17) is 4.74 Å². The maximum atomic E-state index is 12.2. The Morgan fingerprint density at radius 3 is 2.71 bits per heavy atom. The number of anilines is 1. The number of nitrogens with zero attached hydrogens (tertiary/aromatic N) is 1. The molecule has 2 aromatic rings. The van der Waals surface area contributed by atoms with Crippen LogP contribution in [0.4, 0.5) is 5.00 Å². The van der Waals surface area contributed by atoms with Gasteiger partial charge in [0.1, 0.15) is 11.1 Å². The summed E-state index contributed by atoms with van der Waals surface area (Å²) in [5.41, 5.74) is 2.63. The van der Waals surface area contributed by atoms with Crippen LogP contribution in [0.15, 0.2) is 30.3 Å². The van der Waals surface area contributed by atoms with Crippen LogP contribution in [-0.4, -0.2) is 31.6 Å². The molecule has 0 aliphatic heterocycles. The summed E-state index contributed by atoms with van der Waals surface area (Å²) in [6.07, 6.45) is 5.49. The van der Waals surface area contributed by atoms with Crippen LogP contribution in [0.3, 0.4) is 0 Å². The van der Waals surface area contributed by atoms with Crippen molar-refractivity contribution in [1.29, 1.82) is 5.26 Å². The number of benzene rings is 1. The minimum Gasteiger partial charge on any atom is -0.465 e. The average molecular weight is 439 g/mol. The number of methoxy groups -OCH3 is 1. The zero-order chi connectivity index (χ0) is 22.4. The molecule has 0 saturated carbocycles. The molecule has 0 radical (unpaired) electrons. The summed E-state index contributed by atoms with van der Waals surface area (Å²) < 4.78 is 9.61. The number of nitrogens with one attached hydrogen (secondary N) is 1. The number of hydrogen-bond donors (Lipinski definition) is 1. The lowest BCUT2D eigenvalue weighted by Gasteiger charge is -2.17. The highest BCUT2D eigenvalue weighted by molar-refractivity contribution is 7.16. The Bertz CT molecular complexity index is 1060. The van der Waals surface area contributed by atoms with Crippen LogP contribution in [-0.2, 0) is 31.9 Å². The molecule has 3 rings (SSSR count). The zero-order valence-electron chi connectivity index (χ0n) is 17.3. The first kappa shape index (κ1) is 22.2. The number of rotatable bonds is 6. The van der Waals surface area contributed by atoms with E-state index in [0.29, 0.717) is 27.6 Å². The lowest BCUT2D eigenvalue weighted by atomic mass is 9.89. The summed E-state index contributed by atoms with van der Waals surface area (Å²) in [6, 6.07) is 8.67. The van der Waals surface area contributed by atoms with Gasteiger partial charge < -0.3 is 14.8 Å². The number of fused-ring (bicyclic) bond motifs is 1. The van der Waals surface area contributed by atoms with Gasteiger partial charge in [0.15, 0.2) is 6.61 Å². The van der Waals surface area contributed by atoms with Gasteiger partial charge >= 0.3 is 11.9 Å². The Morgan fingerprint density at radius 2 is 2.03 bits per heavy atom. The molecule has 160 valence electrons. The third-order valence-corrected chi connectivity index (χ3v) is 6.14. The van der Waals surface area contributed by atoms with Crippen LogP contribution in [0.2, 0.25) is 0 Å². The molecule has 1 aliphatic carbocycles. The Labute approximate surface area is 184 Å². The fourth-order valence-electron chi connectivity index (χ4n) is 3.32. The molecule has 0 spiro atoms. The first-order valence-electron chi connectivity index (χ1n) is 9.79. The largest absolute Gasteiger partial charge is 0.465 e. The molecule has 1 atom stereocenters. The predicted octanol–water partition coefficient (Wildman–Crippen LogP) is 3.73. The molecule has 1 N–H and O–H groups in total. The first-order chi connectivity index (χ1) is 14.9. The standard InChI is InChI=1S/C23H22N2O5S/c1-14-3-9-17-18(12-24)22(31-19(17)11-14)25-20(26)13-30-21(27)10-6-15-4-7-16(8-5-15)23(28)29-2/h4-8,10,14H,3,9,11,13H2,1-2H3,(H,25,26)/b10-6+. The number of nitriles is 1. The summed E-state index contributed by atoms with van der Waals surface area (Å²) in [5, 5.41) is 12.7. The monoisotopic (exact) mass is 438 g/mol. The SMILES string of the molecule is COC(=O)c1ccc(/C=C/C(=O)OCC(=O)Nc2sc3c(c2C#N)CCC(C)C3)cc1. The quantitative estimate of drug-likeness (QED) is 0.544. The molecule has 8 heteroatoms. The minimum absolute atomic E-state index is 0.403. The Balaban J connectivity index is 1.53. The van der Waals surface area contributed by atoms with Gasteiger partial charge in [-0.1, -0.05) is 19.1 Å². The third kappa shape index (κ3) is 5.58. The van der Waals surface area contributed by atoms with Crippen molar-refractivity contribution in [2.45, 2.75) is 26.2 Å². The molecule has 1 unspecified atom stereocenters. The van der Waals surface area contributed by atoms with Gasteiger partial charge in [0.2, 0.25) is 0 Å². The minimum atomic E-state index is -0.674. The van der Waals surface area contributed by atoms with Crippen molar-refractivity contribution in [2.24, 2.45) is 5.92 Å². The molecular formula is C23H22N2O5S. The van der Waals surface area contributed by atoms with Gasteiger partial charge in [-0.05, 0) is 54.5 Å². The Morgan fingerprint density at radius 1 is 1.29 bits per heavy atom. The number of ether oxygens (including phenoxy) is 2. The maximum Gasteiger partial charge on any atom is 0.337 e. The smallest absolute Gasteiger partial charge is 0.337 e. The van der Waals surface area contributed by atoms with E-state index in [1.807, 2.05) is 0 Å². The summed E-state index contributed by atoms with van der Waals surface area (Å²) >= 11 is 1.42. The normalized spacial score (nSPS) is 15.1. The van der Waals surface area contributed by atoms with Gasteiger partial charge in [-0.25, -0.2) is 9.59 Å². The molecular weight excluding hydrogens is 416 g/mol. The van der Waals surface area contributed by atoms with Crippen molar-refractivity contribution in [3.05, 3.63) is 57.5 Å². The van der Waals surface area contributed by atoms with Crippen molar-refractivity contribution >= 4 is 40.3 Å². The molecule has 0 saturated heterocycles. The first-order valence-corrected chi connectivity index (χ1v) is 10.6. The number of carbonyl (C=O) groups is 3. The van der Waals surface area contributed by atoms with Crippen molar-refractivity contribution in [1.82, 2.24) is 0 Å². The molecule has 0 bridgehead atoms. The van der Waals surface area contributed by atoms with E-state index in [2.05, 4.69) is 23.0 Å².